The summed E-state index contributed by atoms with van der Waals surface area (Å²) in [7, 11) is 1.68. The summed E-state index contributed by atoms with van der Waals surface area (Å²) in [4.78, 5) is 24.1. The second-order valence-electron chi connectivity index (χ2n) is 5.31. The Balaban J connectivity index is 2.79. The van der Waals surface area contributed by atoms with Gasteiger partial charge < -0.3 is 9.64 Å². The van der Waals surface area contributed by atoms with Crippen molar-refractivity contribution in [2.45, 2.75) is 32.9 Å². The Bertz CT molecular complexity index is 480. The summed E-state index contributed by atoms with van der Waals surface area (Å²) < 4.78 is 6.30. The lowest BCUT2D eigenvalue weighted by Gasteiger charge is -2.25. The second-order valence-corrected chi connectivity index (χ2v) is 6.47. The lowest BCUT2D eigenvalue weighted by Crippen LogP contribution is -2.34. The molecule has 0 fully saturated rings. The molecule has 0 aliphatic heterocycles. The molecule has 0 saturated heterocycles. The van der Waals surface area contributed by atoms with Gasteiger partial charge in [-0.2, -0.15) is 0 Å². The summed E-state index contributed by atoms with van der Waals surface area (Å²) in [6.07, 6.45) is 0.423. The van der Waals surface area contributed by atoms with Gasteiger partial charge in [0.15, 0.2) is 0 Å². The first-order valence-corrected chi connectivity index (χ1v) is 6.98. The summed E-state index contributed by atoms with van der Waals surface area (Å²) in [5.74, 6) is 0. The van der Waals surface area contributed by atoms with Gasteiger partial charge in [-0.15, -0.1) is 0 Å². The Kier molecular flexibility index (Phi) is 5.34. The molecule has 0 bridgehead atoms. The van der Waals surface area contributed by atoms with Gasteiger partial charge in [0.25, 0.3) is 0 Å². The Labute approximate surface area is 127 Å². The van der Waals surface area contributed by atoms with E-state index in [-0.39, 0.29) is 6.09 Å². The number of halogens is 1. The summed E-state index contributed by atoms with van der Waals surface area (Å²) >= 11 is 2.18. The molecule has 0 saturated carbocycles. The first-order valence-electron chi connectivity index (χ1n) is 5.90. The van der Waals surface area contributed by atoms with Crippen LogP contribution < -0.4 is 0 Å². The monoisotopic (exact) mass is 375 g/mol. The van der Waals surface area contributed by atoms with Crippen LogP contribution in [0, 0.1) is 3.57 Å². The van der Waals surface area contributed by atoms with E-state index in [1.807, 2.05) is 26.8 Å². The third-order valence-electron chi connectivity index (χ3n) is 2.32. The zero-order valence-corrected chi connectivity index (χ0v) is 13.7. The van der Waals surface area contributed by atoms with Gasteiger partial charge in [-0.05, 0) is 61.1 Å². The van der Waals surface area contributed by atoms with Crippen molar-refractivity contribution in [3.05, 3.63) is 32.9 Å². The van der Waals surface area contributed by atoms with E-state index in [1.165, 1.54) is 4.90 Å². The van der Waals surface area contributed by atoms with Crippen molar-refractivity contribution >= 4 is 35.0 Å². The highest BCUT2D eigenvalue weighted by Gasteiger charge is 2.20. The molecular formula is C14H18INO3. The number of rotatable bonds is 3. The first-order chi connectivity index (χ1) is 8.73. The fraction of sp³-hybridized carbons (Fsp3) is 0.429. The molecule has 0 atom stereocenters. The number of hydrogen-bond donors (Lipinski definition) is 0. The Morgan fingerprint density at radius 3 is 2.58 bits per heavy atom. The second kappa shape index (κ2) is 6.36. The minimum absolute atomic E-state index is 0.375. The van der Waals surface area contributed by atoms with Crippen LogP contribution in [0.5, 0.6) is 0 Å². The molecule has 19 heavy (non-hydrogen) atoms. The van der Waals surface area contributed by atoms with Gasteiger partial charge in [-0.25, -0.2) is 4.79 Å². The number of carbonyl (C=O) groups excluding carboxylic acids is 2. The lowest BCUT2D eigenvalue weighted by atomic mass is 10.1. The molecular weight excluding hydrogens is 357 g/mol. The van der Waals surface area contributed by atoms with Crippen LogP contribution in [0.3, 0.4) is 0 Å². The van der Waals surface area contributed by atoms with Crippen molar-refractivity contribution in [3.8, 4) is 0 Å². The highest BCUT2D eigenvalue weighted by Crippen LogP contribution is 2.17. The fourth-order valence-electron chi connectivity index (χ4n) is 1.45. The summed E-state index contributed by atoms with van der Waals surface area (Å²) in [5, 5.41) is 0. The van der Waals surface area contributed by atoms with E-state index in [9.17, 15) is 9.59 Å². The normalized spacial score (nSPS) is 11.0. The molecule has 1 amide bonds. The maximum atomic E-state index is 11.9. The van der Waals surface area contributed by atoms with Crippen molar-refractivity contribution in [3.63, 3.8) is 0 Å². The van der Waals surface area contributed by atoms with E-state index in [0.717, 1.165) is 15.4 Å². The molecule has 0 unspecified atom stereocenters. The predicted molar refractivity (Wildman–Crippen MR) is 82.2 cm³/mol. The van der Waals surface area contributed by atoms with Crippen LogP contribution in [0.4, 0.5) is 4.79 Å². The Morgan fingerprint density at radius 2 is 2.05 bits per heavy atom. The van der Waals surface area contributed by atoms with Crippen LogP contribution in [0.2, 0.25) is 0 Å². The van der Waals surface area contributed by atoms with Crippen molar-refractivity contribution in [2.75, 3.05) is 7.05 Å². The van der Waals surface area contributed by atoms with E-state index in [2.05, 4.69) is 22.6 Å². The summed E-state index contributed by atoms with van der Waals surface area (Å²) in [6.45, 7) is 5.90. The molecule has 0 heterocycles. The molecule has 0 aromatic heterocycles. The minimum Gasteiger partial charge on any atom is -0.444 e. The molecule has 104 valence electrons. The van der Waals surface area contributed by atoms with E-state index in [0.29, 0.717) is 12.1 Å². The zero-order valence-electron chi connectivity index (χ0n) is 11.6. The van der Waals surface area contributed by atoms with Gasteiger partial charge in [0.2, 0.25) is 0 Å². The third-order valence-corrected chi connectivity index (χ3v) is 3.37. The average Bonchev–Trinajstić information content (AvgIpc) is 2.29. The van der Waals surface area contributed by atoms with Crippen molar-refractivity contribution in [1.82, 2.24) is 4.90 Å². The van der Waals surface area contributed by atoms with Gasteiger partial charge in [-0.1, -0.05) is 6.07 Å². The lowest BCUT2D eigenvalue weighted by molar-refractivity contribution is 0.0284. The highest BCUT2D eigenvalue weighted by molar-refractivity contribution is 14.1. The summed E-state index contributed by atoms with van der Waals surface area (Å²) in [6, 6.07) is 5.41. The minimum atomic E-state index is -0.511. The van der Waals surface area contributed by atoms with Gasteiger partial charge in [-0.3, -0.25) is 4.79 Å². The van der Waals surface area contributed by atoms with Crippen LogP contribution in [-0.4, -0.2) is 29.9 Å². The maximum Gasteiger partial charge on any atom is 0.410 e. The van der Waals surface area contributed by atoms with Crippen LogP contribution in [0.15, 0.2) is 18.2 Å². The van der Waals surface area contributed by atoms with Gasteiger partial charge in [0, 0.05) is 22.7 Å². The largest absolute Gasteiger partial charge is 0.444 e. The third kappa shape index (κ3) is 5.18. The van der Waals surface area contributed by atoms with E-state index in [4.69, 9.17) is 4.74 Å². The predicted octanol–water partition coefficient (Wildman–Crippen LogP) is 3.47. The summed E-state index contributed by atoms with van der Waals surface area (Å²) in [5.41, 5.74) is 1.02. The van der Waals surface area contributed by atoms with Gasteiger partial charge in [0.1, 0.15) is 11.9 Å². The molecule has 4 nitrogen and oxygen atoms in total. The van der Waals surface area contributed by atoms with E-state index >= 15 is 0 Å². The molecule has 0 aliphatic carbocycles. The molecule has 1 aromatic rings. The first kappa shape index (κ1) is 15.9. The van der Waals surface area contributed by atoms with Crippen LogP contribution in [0.1, 0.15) is 36.7 Å². The van der Waals surface area contributed by atoms with Crippen LogP contribution >= 0.6 is 22.6 Å². The zero-order chi connectivity index (χ0) is 14.6. The molecule has 0 radical (unpaired) electrons. The average molecular weight is 375 g/mol. The topological polar surface area (TPSA) is 46.6 Å². The number of benzene rings is 1. The molecule has 1 rings (SSSR count). The molecule has 1 aromatic carbocycles. The number of ether oxygens (including phenoxy) is 1. The van der Waals surface area contributed by atoms with E-state index < -0.39 is 5.60 Å². The number of amides is 1. The molecule has 0 spiro atoms. The van der Waals surface area contributed by atoms with E-state index in [1.54, 1.807) is 19.2 Å². The Morgan fingerprint density at radius 1 is 1.42 bits per heavy atom. The van der Waals surface area contributed by atoms with Crippen LogP contribution in [-0.2, 0) is 11.3 Å². The molecule has 5 heteroatoms. The number of aldehydes is 1. The standard InChI is InChI=1S/C14H18INO3/c1-14(2,3)19-13(18)16(4)8-11-7-10(9-17)5-6-12(11)15/h5-7,9H,8H2,1-4H3. The van der Waals surface area contributed by atoms with Crippen molar-refractivity contribution < 1.29 is 14.3 Å². The Hall–Kier alpha value is -1.11. The van der Waals surface area contributed by atoms with Gasteiger partial charge in [0.05, 0.1) is 0 Å². The quantitative estimate of drug-likeness (QED) is 0.601. The number of nitrogens with zero attached hydrogens (tertiary/aromatic N) is 1. The SMILES string of the molecule is CN(Cc1cc(C=O)ccc1I)C(=O)OC(C)(C)C. The van der Waals surface area contributed by atoms with Crippen LogP contribution in [0.25, 0.3) is 0 Å². The molecule has 0 aliphatic rings. The fourth-order valence-corrected chi connectivity index (χ4v) is 1.96. The highest BCUT2D eigenvalue weighted by atomic mass is 127. The number of hydrogen-bond acceptors (Lipinski definition) is 3. The van der Waals surface area contributed by atoms with Gasteiger partial charge >= 0.3 is 6.09 Å². The smallest absolute Gasteiger partial charge is 0.410 e. The van der Waals surface area contributed by atoms with Crippen molar-refractivity contribution in [1.29, 1.82) is 0 Å². The van der Waals surface area contributed by atoms with Crippen molar-refractivity contribution in [2.24, 2.45) is 0 Å². The molecule has 0 N–H and O–H groups in total. The number of carbonyl (C=O) groups is 2. The maximum absolute atomic E-state index is 11.9.